The molecule has 26 heavy (non-hydrogen) atoms. The molecule has 4 N–H and O–H groups in total. The molecule has 0 aliphatic rings. The summed E-state index contributed by atoms with van der Waals surface area (Å²) < 4.78 is 7.25. The van der Waals surface area contributed by atoms with Gasteiger partial charge in [-0.25, -0.2) is 5.10 Å². The summed E-state index contributed by atoms with van der Waals surface area (Å²) in [4.78, 5) is 16.3. The van der Waals surface area contributed by atoms with Crippen molar-refractivity contribution in [1.82, 2.24) is 19.7 Å². The summed E-state index contributed by atoms with van der Waals surface area (Å²) in [5.74, 6) is 1.20. The summed E-state index contributed by atoms with van der Waals surface area (Å²) in [6, 6.07) is 5.81. The van der Waals surface area contributed by atoms with Gasteiger partial charge in [-0.15, -0.1) is 5.10 Å². The maximum atomic E-state index is 12.4. The van der Waals surface area contributed by atoms with Crippen molar-refractivity contribution >= 4 is 29.4 Å². The van der Waals surface area contributed by atoms with E-state index in [0.29, 0.717) is 23.1 Å². The van der Waals surface area contributed by atoms with E-state index >= 15 is 0 Å². The van der Waals surface area contributed by atoms with Crippen molar-refractivity contribution in [3.8, 4) is 6.07 Å². The van der Waals surface area contributed by atoms with Gasteiger partial charge < -0.3 is 20.0 Å². The number of aromatic nitrogens is 4. The first kappa shape index (κ1) is 17.6. The van der Waals surface area contributed by atoms with Gasteiger partial charge in [0.05, 0.1) is 24.1 Å². The second-order valence-electron chi connectivity index (χ2n) is 5.55. The molecule has 0 aliphatic heterocycles. The number of aromatic amines is 1. The number of nitrogen functional groups attached to an aromatic ring is 1. The number of nitrogens with two attached hydrogens (primary N) is 1. The van der Waals surface area contributed by atoms with E-state index in [-0.39, 0.29) is 17.6 Å². The molecule has 0 aromatic carbocycles. The average Bonchev–Trinajstić information content (AvgIpc) is 3.32. The molecule has 0 aliphatic carbocycles. The van der Waals surface area contributed by atoms with Crippen LogP contribution in [0.4, 0.5) is 11.8 Å². The van der Waals surface area contributed by atoms with E-state index < -0.39 is 0 Å². The third-order valence-corrected chi connectivity index (χ3v) is 4.75. The van der Waals surface area contributed by atoms with Crippen LogP contribution in [0.15, 0.2) is 28.0 Å². The number of carbonyl (C=O) groups excluding carboxylic acids is 1. The Bertz CT molecular complexity index is 966. The molecule has 134 valence electrons. The number of anilines is 2. The first-order valence-electron chi connectivity index (χ1n) is 7.72. The molecule has 3 aromatic rings. The van der Waals surface area contributed by atoms with Gasteiger partial charge in [-0.3, -0.25) is 4.79 Å². The number of furan rings is 1. The minimum atomic E-state index is -0.270. The van der Waals surface area contributed by atoms with Crippen molar-refractivity contribution in [2.24, 2.45) is 0 Å². The summed E-state index contributed by atoms with van der Waals surface area (Å²) in [5.41, 5.74) is 7.61. The number of hydrogen-bond acceptors (Lipinski definition) is 7. The van der Waals surface area contributed by atoms with Gasteiger partial charge in [-0.05, 0) is 31.5 Å². The lowest BCUT2D eigenvalue weighted by molar-refractivity contribution is -0.113. The van der Waals surface area contributed by atoms with Gasteiger partial charge in [0.15, 0.2) is 0 Å². The monoisotopic (exact) mass is 371 g/mol. The van der Waals surface area contributed by atoms with E-state index in [1.807, 2.05) is 24.5 Å². The molecular weight excluding hydrogens is 354 g/mol. The van der Waals surface area contributed by atoms with Crippen LogP contribution in [0.1, 0.15) is 22.6 Å². The largest absolute Gasteiger partial charge is 0.467 e. The average molecular weight is 371 g/mol. The lowest BCUT2D eigenvalue weighted by Crippen LogP contribution is -2.18. The van der Waals surface area contributed by atoms with Gasteiger partial charge in [0.1, 0.15) is 17.6 Å². The number of amides is 1. The highest BCUT2D eigenvalue weighted by atomic mass is 32.2. The van der Waals surface area contributed by atoms with Crippen molar-refractivity contribution in [2.75, 3.05) is 16.8 Å². The number of H-pyrrole nitrogens is 1. The standard InChI is InChI=1S/C16H17N7O2S/c1-9-10(2)23(7-11-4-3-5-25-11)14(12(9)6-17)19-13(24)8-26-16-20-15(18)21-22-16/h3-5H,7-8H2,1-2H3,(H,19,24)(H3,18,20,21,22). The van der Waals surface area contributed by atoms with Crippen LogP contribution in [0.2, 0.25) is 0 Å². The van der Waals surface area contributed by atoms with E-state index in [1.165, 1.54) is 0 Å². The number of nitrogens with zero attached hydrogens (tertiary/aromatic N) is 4. The molecule has 0 saturated carbocycles. The van der Waals surface area contributed by atoms with E-state index in [1.54, 1.807) is 12.3 Å². The summed E-state index contributed by atoms with van der Waals surface area (Å²) in [6.07, 6.45) is 1.59. The van der Waals surface area contributed by atoms with E-state index in [9.17, 15) is 10.1 Å². The fourth-order valence-electron chi connectivity index (χ4n) is 2.51. The van der Waals surface area contributed by atoms with Crippen molar-refractivity contribution in [1.29, 1.82) is 5.26 Å². The van der Waals surface area contributed by atoms with Gasteiger partial charge in [-0.2, -0.15) is 10.2 Å². The van der Waals surface area contributed by atoms with Crippen molar-refractivity contribution < 1.29 is 9.21 Å². The molecule has 10 heteroatoms. The summed E-state index contributed by atoms with van der Waals surface area (Å²) in [6.45, 7) is 4.18. The van der Waals surface area contributed by atoms with Crippen LogP contribution in [0.25, 0.3) is 0 Å². The first-order valence-corrected chi connectivity index (χ1v) is 8.70. The Balaban J connectivity index is 1.80. The zero-order valence-electron chi connectivity index (χ0n) is 14.2. The fourth-order valence-corrected chi connectivity index (χ4v) is 3.11. The Labute approximate surface area is 153 Å². The molecule has 0 unspecified atom stereocenters. The molecule has 0 spiro atoms. The van der Waals surface area contributed by atoms with Crippen LogP contribution in [-0.4, -0.2) is 31.4 Å². The Morgan fingerprint density at radius 2 is 2.35 bits per heavy atom. The second kappa shape index (κ2) is 7.37. The predicted molar refractivity (Wildman–Crippen MR) is 96.6 cm³/mol. The van der Waals surface area contributed by atoms with E-state index in [2.05, 4.69) is 26.6 Å². The molecule has 0 fully saturated rings. The molecule has 3 aromatic heterocycles. The van der Waals surface area contributed by atoms with E-state index in [0.717, 1.165) is 28.8 Å². The van der Waals surface area contributed by atoms with Gasteiger partial charge in [-0.1, -0.05) is 11.8 Å². The molecule has 0 atom stereocenters. The smallest absolute Gasteiger partial charge is 0.235 e. The zero-order chi connectivity index (χ0) is 18.7. The van der Waals surface area contributed by atoms with Crippen LogP contribution in [-0.2, 0) is 11.3 Å². The fraction of sp³-hybridized carbons (Fsp3) is 0.250. The molecular formula is C16H17N7O2S. The number of thioether (sulfide) groups is 1. The highest BCUT2D eigenvalue weighted by Gasteiger charge is 2.20. The molecule has 0 radical (unpaired) electrons. The van der Waals surface area contributed by atoms with E-state index in [4.69, 9.17) is 10.2 Å². The Morgan fingerprint density at radius 3 is 2.96 bits per heavy atom. The summed E-state index contributed by atoms with van der Waals surface area (Å²) in [7, 11) is 0. The minimum absolute atomic E-state index is 0.0895. The van der Waals surface area contributed by atoms with Crippen LogP contribution < -0.4 is 11.1 Å². The second-order valence-corrected chi connectivity index (χ2v) is 6.49. The Hall–Kier alpha value is -3.19. The third kappa shape index (κ3) is 3.57. The van der Waals surface area contributed by atoms with Gasteiger partial charge >= 0.3 is 0 Å². The van der Waals surface area contributed by atoms with Crippen molar-refractivity contribution in [2.45, 2.75) is 25.5 Å². The van der Waals surface area contributed by atoms with Crippen LogP contribution in [0.5, 0.6) is 0 Å². The number of nitrogens with one attached hydrogen (secondary N) is 2. The number of carbonyl (C=O) groups is 1. The molecule has 3 rings (SSSR count). The maximum Gasteiger partial charge on any atom is 0.235 e. The molecule has 9 nitrogen and oxygen atoms in total. The topological polar surface area (TPSA) is 139 Å². The normalized spacial score (nSPS) is 10.7. The Kier molecular flexibility index (Phi) is 4.99. The molecule has 3 heterocycles. The summed E-state index contributed by atoms with van der Waals surface area (Å²) in [5, 5.41) is 19.1. The van der Waals surface area contributed by atoms with Crippen molar-refractivity contribution in [3.63, 3.8) is 0 Å². The summed E-state index contributed by atoms with van der Waals surface area (Å²) >= 11 is 1.15. The molecule has 0 saturated heterocycles. The lowest BCUT2D eigenvalue weighted by atomic mass is 10.2. The van der Waals surface area contributed by atoms with Crippen LogP contribution in [0.3, 0.4) is 0 Å². The van der Waals surface area contributed by atoms with Gasteiger partial charge in [0, 0.05) is 5.69 Å². The van der Waals surface area contributed by atoms with Crippen LogP contribution >= 0.6 is 11.8 Å². The van der Waals surface area contributed by atoms with Crippen LogP contribution in [0, 0.1) is 25.2 Å². The lowest BCUT2D eigenvalue weighted by Gasteiger charge is -2.11. The van der Waals surface area contributed by atoms with Crippen molar-refractivity contribution in [3.05, 3.63) is 41.0 Å². The third-order valence-electron chi connectivity index (χ3n) is 3.91. The SMILES string of the molecule is Cc1c(C#N)c(NC(=O)CSc2n[nH]c(N)n2)n(Cc2ccco2)c1C. The first-order chi connectivity index (χ1) is 12.5. The van der Waals surface area contributed by atoms with Gasteiger partial charge in [0.2, 0.25) is 17.0 Å². The highest BCUT2D eigenvalue weighted by molar-refractivity contribution is 7.99. The predicted octanol–water partition coefficient (Wildman–Crippen LogP) is 2.05. The highest BCUT2D eigenvalue weighted by Crippen LogP contribution is 2.27. The molecule has 1 amide bonds. The minimum Gasteiger partial charge on any atom is -0.467 e. The zero-order valence-corrected chi connectivity index (χ0v) is 15.1. The Morgan fingerprint density at radius 1 is 1.54 bits per heavy atom. The number of hydrogen-bond donors (Lipinski definition) is 3. The molecule has 0 bridgehead atoms. The quantitative estimate of drug-likeness (QED) is 0.564. The number of rotatable bonds is 6. The number of nitriles is 1. The maximum absolute atomic E-state index is 12.4. The van der Waals surface area contributed by atoms with Gasteiger partial charge in [0.25, 0.3) is 0 Å².